The lowest BCUT2D eigenvalue weighted by Gasteiger charge is -2.30. The Kier molecular flexibility index (Phi) is 3.08. The van der Waals surface area contributed by atoms with Crippen molar-refractivity contribution in [1.82, 2.24) is 15.1 Å². The van der Waals surface area contributed by atoms with E-state index in [-0.39, 0.29) is 12.1 Å². The van der Waals surface area contributed by atoms with Crippen molar-refractivity contribution in [3.8, 4) is 0 Å². The molecule has 3 rings (SSSR count). The van der Waals surface area contributed by atoms with Crippen LogP contribution in [0.25, 0.3) is 10.9 Å². The molecule has 6 heteroatoms. The van der Waals surface area contributed by atoms with Gasteiger partial charge in [-0.3, -0.25) is 5.10 Å². The standard InChI is InChI=1S/C13H17N5O/c14-10-2-1-5-18(8-10)13(19)16-11-3-4-12-9(6-11)7-15-17-12/h3-4,6-7,10H,1-2,5,8,14H2,(H,15,17)(H,16,19)/t10-/m1/s1. The minimum atomic E-state index is -0.0852. The van der Waals surface area contributed by atoms with Crippen LogP contribution in [0.3, 0.4) is 0 Å². The summed E-state index contributed by atoms with van der Waals surface area (Å²) in [5, 5.41) is 10.7. The fourth-order valence-electron chi connectivity index (χ4n) is 2.42. The Bertz CT molecular complexity index is 593. The van der Waals surface area contributed by atoms with Crippen LogP contribution in [0.2, 0.25) is 0 Å². The zero-order chi connectivity index (χ0) is 13.2. The van der Waals surface area contributed by atoms with Crippen LogP contribution in [0.4, 0.5) is 10.5 Å². The molecule has 1 aliphatic heterocycles. The van der Waals surface area contributed by atoms with Gasteiger partial charge < -0.3 is 16.0 Å². The number of hydrogen-bond donors (Lipinski definition) is 3. The normalized spacial score (nSPS) is 19.6. The summed E-state index contributed by atoms with van der Waals surface area (Å²) in [7, 11) is 0. The van der Waals surface area contributed by atoms with Gasteiger partial charge in [0.25, 0.3) is 0 Å². The molecule has 4 N–H and O–H groups in total. The van der Waals surface area contributed by atoms with Crippen LogP contribution in [-0.4, -0.2) is 40.3 Å². The summed E-state index contributed by atoms with van der Waals surface area (Å²) >= 11 is 0. The smallest absolute Gasteiger partial charge is 0.321 e. The second-order valence-electron chi connectivity index (χ2n) is 4.95. The molecule has 19 heavy (non-hydrogen) atoms. The van der Waals surface area contributed by atoms with E-state index in [9.17, 15) is 4.79 Å². The number of aromatic nitrogens is 2. The molecule has 0 spiro atoms. The lowest BCUT2D eigenvalue weighted by atomic mass is 10.1. The number of H-pyrrole nitrogens is 1. The molecule has 2 heterocycles. The minimum Gasteiger partial charge on any atom is -0.326 e. The van der Waals surface area contributed by atoms with E-state index < -0.39 is 0 Å². The Morgan fingerprint density at radius 2 is 2.42 bits per heavy atom. The molecule has 1 saturated heterocycles. The number of carbonyl (C=O) groups is 1. The van der Waals surface area contributed by atoms with Crippen LogP contribution in [0.5, 0.6) is 0 Å². The number of piperidine rings is 1. The van der Waals surface area contributed by atoms with Crippen molar-refractivity contribution in [2.45, 2.75) is 18.9 Å². The highest BCUT2D eigenvalue weighted by molar-refractivity contribution is 5.92. The first-order valence-electron chi connectivity index (χ1n) is 6.47. The minimum absolute atomic E-state index is 0.0852. The Labute approximate surface area is 111 Å². The van der Waals surface area contributed by atoms with Crippen molar-refractivity contribution in [3.05, 3.63) is 24.4 Å². The largest absolute Gasteiger partial charge is 0.326 e. The third-order valence-electron chi connectivity index (χ3n) is 3.44. The molecular weight excluding hydrogens is 242 g/mol. The molecule has 6 nitrogen and oxygen atoms in total. The number of rotatable bonds is 1. The number of urea groups is 1. The van der Waals surface area contributed by atoms with E-state index in [1.807, 2.05) is 18.2 Å². The van der Waals surface area contributed by atoms with Crippen LogP contribution in [0.15, 0.2) is 24.4 Å². The van der Waals surface area contributed by atoms with Crippen LogP contribution < -0.4 is 11.1 Å². The number of nitrogens with two attached hydrogens (primary N) is 1. The van der Waals surface area contributed by atoms with E-state index in [0.29, 0.717) is 6.54 Å². The zero-order valence-corrected chi connectivity index (χ0v) is 10.6. The summed E-state index contributed by atoms with van der Waals surface area (Å²) in [5.41, 5.74) is 7.62. The monoisotopic (exact) mass is 259 g/mol. The number of carbonyl (C=O) groups excluding carboxylic acids is 1. The molecule has 1 aliphatic rings. The predicted molar refractivity (Wildman–Crippen MR) is 73.9 cm³/mol. The lowest BCUT2D eigenvalue weighted by Crippen LogP contribution is -2.47. The van der Waals surface area contributed by atoms with E-state index in [4.69, 9.17) is 5.73 Å². The van der Waals surface area contributed by atoms with Gasteiger partial charge in [0.05, 0.1) is 11.7 Å². The highest BCUT2D eigenvalue weighted by atomic mass is 16.2. The van der Waals surface area contributed by atoms with Gasteiger partial charge in [-0.25, -0.2) is 4.79 Å². The quantitative estimate of drug-likeness (QED) is 0.725. The molecule has 1 aromatic carbocycles. The number of benzene rings is 1. The third-order valence-corrected chi connectivity index (χ3v) is 3.44. The number of nitrogens with one attached hydrogen (secondary N) is 2. The Hall–Kier alpha value is -2.08. The van der Waals surface area contributed by atoms with Crippen molar-refractivity contribution in [2.75, 3.05) is 18.4 Å². The molecule has 1 atom stereocenters. The first-order valence-corrected chi connectivity index (χ1v) is 6.47. The molecule has 1 fully saturated rings. The molecule has 2 amide bonds. The maximum absolute atomic E-state index is 12.1. The van der Waals surface area contributed by atoms with Gasteiger partial charge in [-0.15, -0.1) is 0 Å². The topological polar surface area (TPSA) is 87.0 Å². The number of anilines is 1. The highest BCUT2D eigenvalue weighted by Gasteiger charge is 2.21. The van der Waals surface area contributed by atoms with Gasteiger partial charge in [-0.05, 0) is 31.0 Å². The Balaban J connectivity index is 1.71. The molecule has 0 saturated carbocycles. The molecule has 0 radical (unpaired) electrons. The molecular formula is C13H17N5O. The Morgan fingerprint density at radius 3 is 3.26 bits per heavy atom. The third kappa shape index (κ3) is 2.53. The van der Waals surface area contributed by atoms with E-state index in [1.165, 1.54) is 0 Å². The summed E-state index contributed by atoms with van der Waals surface area (Å²) in [6.07, 6.45) is 3.70. The maximum atomic E-state index is 12.1. The molecule has 100 valence electrons. The average molecular weight is 259 g/mol. The second kappa shape index (κ2) is 4.89. The van der Waals surface area contributed by atoms with Crippen molar-refractivity contribution in [3.63, 3.8) is 0 Å². The lowest BCUT2D eigenvalue weighted by molar-refractivity contribution is 0.193. The summed E-state index contributed by atoms with van der Waals surface area (Å²) in [6, 6.07) is 5.68. The summed E-state index contributed by atoms with van der Waals surface area (Å²) in [5.74, 6) is 0. The summed E-state index contributed by atoms with van der Waals surface area (Å²) < 4.78 is 0. The van der Waals surface area contributed by atoms with E-state index in [0.717, 1.165) is 36.0 Å². The molecule has 0 aliphatic carbocycles. The maximum Gasteiger partial charge on any atom is 0.321 e. The van der Waals surface area contributed by atoms with Crippen molar-refractivity contribution < 1.29 is 4.79 Å². The van der Waals surface area contributed by atoms with Gasteiger partial charge in [0, 0.05) is 30.2 Å². The second-order valence-corrected chi connectivity index (χ2v) is 4.95. The van der Waals surface area contributed by atoms with Crippen molar-refractivity contribution in [2.24, 2.45) is 5.73 Å². The van der Waals surface area contributed by atoms with Gasteiger partial charge in [-0.1, -0.05) is 0 Å². The van der Waals surface area contributed by atoms with E-state index >= 15 is 0 Å². The number of likely N-dealkylation sites (tertiary alicyclic amines) is 1. The predicted octanol–water partition coefficient (Wildman–Crippen LogP) is 1.52. The molecule has 1 aromatic heterocycles. The van der Waals surface area contributed by atoms with Gasteiger partial charge in [0.15, 0.2) is 0 Å². The zero-order valence-electron chi connectivity index (χ0n) is 10.6. The van der Waals surface area contributed by atoms with Gasteiger partial charge in [-0.2, -0.15) is 5.10 Å². The highest BCUT2D eigenvalue weighted by Crippen LogP contribution is 2.18. The average Bonchev–Trinajstić information content (AvgIpc) is 2.86. The van der Waals surface area contributed by atoms with Crippen molar-refractivity contribution >= 4 is 22.6 Å². The molecule has 0 unspecified atom stereocenters. The van der Waals surface area contributed by atoms with Crippen LogP contribution in [0.1, 0.15) is 12.8 Å². The molecule has 2 aromatic rings. The number of hydrogen-bond acceptors (Lipinski definition) is 3. The van der Waals surface area contributed by atoms with E-state index in [2.05, 4.69) is 15.5 Å². The fraction of sp³-hybridized carbons (Fsp3) is 0.385. The van der Waals surface area contributed by atoms with Crippen LogP contribution >= 0.6 is 0 Å². The van der Waals surface area contributed by atoms with Gasteiger partial charge in [0.2, 0.25) is 0 Å². The molecule has 0 bridgehead atoms. The number of amides is 2. The first kappa shape index (κ1) is 12.0. The summed E-state index contributed by atoms with van der Waals surface area (Å²) in [4.78, 5) is 13.9. The number of fused-ring (bicyclic) bond motifs is 1. The fourth-order valence-corrected chi connectivity index (χ4v) is 2.42. The van der Waals surface area contributed by atoms with E-state index in [1.54, 1.807) is 11.1 Å². The Morgan fingerprint density at radius 1 is 1.53 bits per heavy atom. The van der Waals surface area contributed by atoms with Gasteiger partial charge >= 0.3 is 6.03 Å². The van der Waals surface area contributed by atoms with Crippen LogP contribution in [0, 0.1) is 0 Å². The number of aromatic amines is 1. The van der Waals surface area contributed by atoms with Gasteiger partial charge in [0.1, 0.15) is 0 Å². The van der Waals surface area contributed by atoms with Crippen LogP contribution in [-0.2, 0) is 0 Å². The summed E-state index contributed by atoms with van der Waals surface area (Å²) in [6.45, 7) is 1.40. The number of nitrogens with zero attached hydrogens (tertiary/aromatic N) is 2. The van der Waals surface area contributed by atoms with Crippen molar-refractivity contribution in [1.29, 1.82) is 0 Å². The first-order chi connectivity index (χ1) is 9.22. The SMILES string of the molecule is N[C@@H]1CCCN(C(=O)Nc2ccc3[nH]ncc3c2)C1.